The van der Waals surface area contributed by atoms with E-state index >= 15 is 0 Å². The molecule has 4 N–H and O–H groups in total. The number of sulfonamides is 1. The molecule has 2 aromatic heterocycles. The van der Waals surface area contributed by atoms with Crippen LogP contribution in [0, 0.1) is 5.82 Å². The van der Waals surface area contributed by atoms with Gasteiger partial charge in [0.1, 0.15) is 10.7 Å². The number of aliphatic hydroxyl groups is 1. The van der Waals surface area contributed by atoms with Gasteiger partial charge in [-0.25, -0.2) is 27.9 Å². The van der Waals surface area contributed by atoms with E-state index in [1.54, 1.807) is 24.5 Å². The van der Waals surface area contributed by atoms with Crippen molar-refractivity contribution in [3.8, 4) is 11.3 Å². The van der Waals surface area contributed by atoms with Crippen molar-refractivity contribution in [1.82, 2.24) is 15.0 Å². The molecule has 0 saturated heterocycles. The summed E-state index contributed by atoms with van der Waals surface area (Å²) in [7, 11) is -4.17. The Hall–Kier alpha value is -2.60. The fourth-order valence-corrected chi connectivity index (χ4v) is 3.53. The first kappa shape index (κ1) is 21.1. The molecule has 8 nitrogen and oxygen atoms in total. The third-order valence-corrected chi connectivity index (χ3v) is 5.52. The van der Waals surface area contributed by atoms with E-state index in [2.05, 4.69) is 20.3 Å². The highest BCUT2D eigenvalue weighted by molar-refractivity contribution is 7.98. The van der Waals surface area contributed by atoms with Crippen LogP contribution in [0.4, 0.5) is 10.2 Å². The maximum absolute atomic E-state index is 14.5. The van der Waals surface area contributed by atoms with Gasteiger partial charge in [0.25, 0.3) is 0 Å². The van der Waals surface area contributed by atoms with Gasteiger partial charge in [0.05, 0.1) is 12.3 Å². The number of primary sulfonamides is 1. The van der Waals surface area contributed by atoms with Gasteiger partial charge in [0.2, 0.25) is 10.0 Å². The van der Waals surface area contributed by atoms with Crippen molar-refractivity contribution in [2.24, 2.45) is 5.14 Å². The lowest BCUT2D eigenvalue weighted by Crippen LogP contribution is -2.14. The number of anilines is 1. The molecule has 0 aliphatic rings. The molecule has 3 aromatic rings. The summed E-state index contributed by atoms with van der Waals surface area (Å²) in [4.78, 5) is 12.1. The minimum atomic E-state index is -4.17. The number of nitrogens with two attached hydrogens (primary N) is 1. The topological polar surface area (TPSA) is 131 Å². The van der Waals surface area contributed by atoms with Crippen LogP contribution in [0.3, 0.4) is 0 Å². The highest BCUT2D eigenvalue weighted by Gasteiger charge is 2.18. The average Bonchev–Trinajstić information content (AvgIpc) is 2.71. The summed E-state index contributed by atoms with van der Waals surface area (Å²) in [5.41, 5.74) is 1.66. The minimum absolute atomic E-state index is 0.0408. The highest BCUT2D eigenvalue weighted by Crippen LogP contribution is 2.25. The molecule has 0 amide bonds. The Morgan fingerprint density at radius 1 is 1.21 bits per heavy atom. The van der Waals surface area contributed by atoms with Gasteiger partial charge in [-0.05, 0) is 30.0 Å². The Kier molecular flexibility index (Phi) is 6.42. The summed E-state index contributed by atoms with van der Waals surface area (Å²) in [5, 5.41) is 18.2. The molecule has 0 atom stereocenters. The Labute approximate surface area is 171 Å². The zero-order valence-electron chi connectivity index (χ0n) is 15.3. The lowest BCUT2D eigenvalue weighted by Gasteiger charge is -2.11. The van der Waals surface area contributed by atoms with Gasteiger partial charge in [0, 0.05) is 30.1 Å². The summed E-state index contributed by atoms with van der Waals surface area (Å²) in [6.07, 6.45) is 4.95. The van der Waals surface area contributed by atoms with Gasteiger partial charge in [-0.3, -0.25) is 4.98 Å². The summed E-state index contributed by atoms with van der Waals surface area (Å²) in [6.45, 7) is 0.165. The second-order valence-corrected chi connectivity index (χ2v) is 8.26. The molecule has 0 unspecified atom stereocenters. The van der Waals surface area contributed by atoms with Crippen molar-refractivity contribution in [2.45, 2.75) is 23.2 Å². The van der Waals surface area contributed by atoms with Crippen LogP contribution >= 0.6 is 11.8 Å². The normalized spacial score (nSPS) is 11.4. The van der Waals surface area contributed by atoms with Crippen LogP contribution in [0.2, 0.25) is 0 Å². The number of hydrogen-bond donors (Lipinski definition) is 3. The quantitative estimate of drug-likeness (QED) is 0.380. The molecule has 1 aromatic carbocycles. The lowest BCUT2D eigenvalue weighted by molar-refractivity contribution is 0.281. The van der Waals surface area contributed by atoms with E-state index in [1.165, 1.54) is 23.9 Å². The molecule has 2 heterocycles. The molecule has 0 aliphatic carbocycles. The van der Waals surface area contributed by atoms with E-state index < -0.39 is 20.7 Å². The van der Waals surface area contributed by atoms with Crippen molar-refractivity contribution in [1.29, 1.82) is 0 Å². The van der Waals surface area contributed by atoms with Crippen LogP contribution in [0.15, 0.2) is 52.8 Å². The molecule has 11 heteroatoms. The number of rotatable bonds is 7. The molecule has 152 valence electrons. The van der Waals surface area contributed by atoms with E-state index in [1.807, 2.05) is 6.26 Å². The first-order valence-corrected chi connectivity index (χ1v) is 11.1. The second-order valence-electron chi connectivity index (χ2n) is 5.96. The number of benzene rings is 1. The van der Waals surface area contributed by atoms with Gasteiger partial charge in [0.15, 0.2) is 11.0 Å². The van der Waals surface area contributed by atoms with Gasteiger partial charge >= 0.3 is 0 Å². The monoisotopic (exact) mass is 435 g/mol. The number of nitrogens with one attached hydrogen (secondary N) is 1. The fraction of sp³-hybridized carbons (Fsp3) is 0.167. The van der Waals surface area contributed by atoms with Gasteiger partial charge in [-0.1, -0.05) is 23.9 Å². The number of thioether (sulfide) groups is 1. The fourth-order valence-electron chi connectivity index (χ4n) is 2.56. The zero-order chi connectivity index (χ0) is 21.0. The standard InChI is InChI=1S/C18H18FN5O3S2/c1-28-18-23-9-12(10-25)17(24-18)22-8-11-5-6-14(21-7-11)13-3-2-4-15(16(13)19)29(20,26)27/h2-7,9,25H,8,10H2,1H3,(H2,20,26,27)(H,22,23,24). The first-order valence-electron chi connectivity index (χ1n) is 8.34. The van der Waals surface area contributed by atoms with Crippen LogP contribution in [-0.2, 0) is 23.2 Å². The molecule has 0 spiro atoms. The third-order valence-electron chi connectivity index (χ3n) is 4.03. The Bertz CT molecular complexity index is 1120. The molecule has 0 saturated carbocycles. The van der Waals surface area contributed by atoms with Gasteiger partial charge < -0.3 is 10.4 Å². The van der Waals surface area contributed by atoms with E-state index in [4.69, 9.17) is 5.14 Å². The molecule has 3 rings (SSSR count). The number of nitrogens with zero attached hydrogens (tertiary/aromatic N) is 3. The summed E-state index contributed by atoms with van der Waals surface area (Å²) in [6, 6.07) is 7.26. The smallest absolute Gasteiger partial charge is 0.240 e. The molecule has 0 bridgehead atoms. The maximum Gasteiger partial charge on any atom is 0.240 e. The molecule has 0 aliphatic heterocycles. The molecule has 29 heavy (non-hydrogen) atoms. The van der Waals surface area contributed by atoms with Crippen LogP contribution in [0.1, 0.15) is 11.1 Å². The van der Waals surface area contributed by atoms with Crippen molar-refractivity contribution in [3.05, 3.63) is 59.7 Å². The van der Waals surface area contributed by atoms with E-state index in [0.29, 0.717) is 23.1 Å². The Morgan fingerprint density at radius 2 is 2.00 bits per heavy atom. The third kappa shape index (κ3) is 4.88. The van der Waals surface area contributed by atoms with Gasteiger partial charge in [-0.2, -0.15) is 0 Å². The van der Waals surface area contributed by atoms with Crippen LogP contribution in [0.25, 0.3) is 11.3 Å². The molecular formula is C18H18FN5O3S2. The predicted octanol–water partition coefficient (Wildman–Crippen LogP) is 2.15. The summed E-state index contributed by atoms with van der Waals surface area (Å²) in [5.74, 6) is -0.422. The Morgan fingerprint density at radius 3 is 2.62 bits per heavy atom. The van der Waals surface area contributed by atoms with E-state index in [0.717, 1.165) is 11.6 Å². The lowest BCUT2D eigenvalue weighted by atomic mass is 10.1. The highest BCUT2D eigenvalue weighted by atomic mass is 32.2. The number of aliphatic hydroxyl groups excluding tert-OH is 1. The largest absolute Gasteiger partial charge is 0.391 e. The first-order chi connectivity index (χ1) is 13.8. The van der Waals surface area contributed by atoms with Crippen molar-refractivity contribution < 1.29 is 17.9 Å². The van der Waals surface area contributed by atoms with E-state index in [-0.39, 0.29) is 17.9 Å². The number of halogens is 1. The predicted molar refractivity (Wildman–Crippen MR) is 108 cm³/mol. The maximum atomic E-state index is 14.5. The summed E-state index contributed by atoms with van der Waals surface area (Å²) >= 11 is 1.38. The van der Waals surface area contributed by atoms with Crippen LogP contribution in [-0.4, -0.2) is 34.7 Å². The van der Waals surface area contributed by atoms with Crippen LogP contribution < -0.4 is 10.5 Å². The van der Waals surface area contributed by atoms with Crippen molar-refractivity contribution in [3.63, 3.8) is 0 Å². The second kappa shape index (κ2) is 8.82. The molecule has 0 radical (unpaired) electrons. The molecular weight excluding hydrogens is 417 g/mol. The number of hydrogen-bond acceptors (Lipinski definition) is 8. The zero-order valence-corrected chi connectivity index (χ0v) is 17.0. The number of aromatic nitrogens is 3. The Balaban J connectivity index is 1.80. The van der Waals surface area contributed by atoms with Crippen molar-refractivity contribution in [2.75, 3.05) is 11.6 Å². The molecule has 0 fully saturated rings. The van der Waals surface area contributed by atoms with Gasteiger partial charge in [-0.15, -0.1) is 0 Å². The van der Waals surface area contributed by atoms with Crippen molar-refractivity contribution >= 4 is 27.6 Å². The minimum Gasteiger partial charge on any atom is -0.391 e. The number of pyridine rings is 1. The summed E-state index contributed by atoms with van der Waals surface area (Å²) < 4.78 is 37.5. The SMILES string of the molecule is CSc1ncc(CO)c(NCc2ccc(-c3cccc(S(N)(=O)=O)c3F)nc2)n1. The van der Waals surface area contributed by atoms with E-state index in [9.17, 15) is 17.9 Å². The van der Waals surface area contributed by atoms with Crippen LogP contribution in [0.5, 0.6) is 0 Å². The average molecular weight is 436 g/mol.